The molecule has 0 aliphatic heterocycles. The maximum Gasteiger partial charge on any atom is 0.139 e. The summed E-state index contributed by atoms with van der Waals surface area (Å²) in [6.07, 6.45) is 7.72. The number of Topliss-reactive ketones (excluding diaryl/α,β-unsaturated/α-hetero) is 1. The van der Waals surface area contributed by atoms with E-state index in [1.54, 1.807) is 6.92 Å². The van der Waals surface area contributed by atoms with Gasteiger partial charge in [0.2, 0.25) is 0 Å². The van der Waals surface area contributed by atoms with Gasteiger partial charge in [0.05, 0.1) is 0 Å². The van der Waals surface area contributed by atoms with Gasteiger partial charge in [0.15, 0.2) is 0 Å². The van der Waals surface area contributed by atoms with Crippen LogP contribution in [0.4, 0.5) is 0 Å². The largest absolute Gasteiger partial charge is 0.299 e. The third kappa shape index (κ3) is 2.45. The first kappa shape index (κ1) is 13.2. The Morgan fingerprint density at radius 1 is 1.50 bits per heavy atom. The predicted molar refractivity (Wildman–Crippen MR) is 69.2 cm³/mol. The lowest BCUT2D eigenvalue weighted by Gasteiger charge is -2.28. The number of hydrogen-bond acceptors (Lipinski definition) is 1. The van der Waals surface area contributed by atoms with E-state index in [0.717, 1.165) is 6.42 Å². The SMILES string of the molecule is CC(=O)C(C)(C)C=C[C@H]1CC=C(C)C1(C)C. The van der Waals surface area contributed by atoms with Gasteiger partial charge in [-0.1, -0.05) is 37.6 Å². The zero-order chi connectivity index (χ0) is 12.6. The van der Waals surface area contributed by atoms with Gasteiger partial charge in [0.25, 0.3) is 0 Å². The molecule has 0 saturated carbocycles. The van der Waals surface area contributed by atoms with Crippen molar-refractivity contribution in [3.05, 3.63) is 23.8 Å². The highest BCUT2D eigenvalue weighted by atomic mass is 16.1. The molecule has 16 heavy (non-hydrogen) atoms. The van der Waals surface area contributed by atoms with Gasteiger partial charge in [-0.3, -0.25) is 4.79 Å². The minimum Gasteiger partial charge on any atom is -0.299 e. The van der Waals surface area contributed by atoms with Crippen molar-refractivity contribution in [1.29, 1.82) is 0 Å². The number of rotatable bonds is 3. The first-order chi connectivity index (χ1) is 7.18. The predicted octanol–water partition coefficient (Wildman–Crippen LogP) is 4.15. The molecule has 0 heterocycles. The number of carbonyl (C=O) groups excluding carboxylic acids is 1. The van der Waals surface area contributed by atoms with Crippen LogP contribution in [0.5, 0.6) is 0 Å². The third-order valence-corrected chi connectivity index (χ3v) is 4.27. The van der Waals surface area contributed by atoms with Crippen LogP contribution >= 0.6 is 0 Å². The van der Waals surface area contributed by atoms with Gasteiger partial charge >= 0.3 is 0 Å². The first-order valence-electron chi connectivity index (χ1n) is 6.05. The molecule has 0 aromatic rings. The lowest BCUT2D eigenvalue weighted by Crippen LogP contribution is -2.21. The minimum absolute atomic E-state index is 0.226. The molecule has 0 saturated heterocycles. The van der Waals surface area contributed by atoms with Crippen molar-refractivity contribution in [2.45, 2.75) is 48.0 Å². The summed E-state index contributed by atoms with van der Waals surface area (Å²) in [6.45, 7) is 12.4. The van der Waals surface area contributed by atoms with Crippen LogP contribution in [0.15, 0.2) is 23.8 Å². The minimum atomic E-state index is -0.327. The van der Waals surface area contributed by atoms with Crippen molar-refractivity contribution in [1.82, 2.24) is 0 Å². The van der Waals surface area contributed by atoms with Gasteiger partial charge in [0.1, 0.15) is 5.78 Å². The topological polar surface area (TPSA) is 17.1 Å². The molecule has 1 aliphatic rings. The zero-order valence-electron chi connectivity index (χ0n) is 11.4. The van der Waals surface area contributed by atoms with Crippen molar-refractivity contribution in [3.63, 3.8) is 0 Å². The molecule has 0 fully saturated rings. The standard InChI is InChI=1S/C15H24O/c1-11-7-8-13(15(11,5)6)9-10-14(3,4)12(2)16/h7,9-10,13H,8H2,1-6H3/t13-/m1/s1. The molecule has 0 aromatic heterocycles. The Balaban J connectivity index is 2.78. The van der Waals surface area contributed by atoms with Crippen LogP contribution in [-0.4, -0.2) is 5.78 Å². The van der Waals surface area contributed by atoms with Gasteiger partial charge in [-0.05, 0) is 45.4 Å². The molecular formula is C15H24O. The molecule has 90 valence electrons. The molecule has 1 aliphatic carbocycles. The lowest BCUT2D eigenvalue weighted by molar-refractivity contribution is -0.122. The highest BCUT2D eigenvalue weighted by Crippen LogP contribution is 2.44. The second-order valence-electron chi connectivity index (χ2n) is 6.09. The molecule has 0 spiro atoms. The molecule has 0 N–H and O–H groups in total. The summed E-state index contributed by atoms with van der Waals surface area (Å²) in [6, 6.07) is 0. The Hall–Kier alpha value is -0.850. The summed E-state index contributed by atoms with van der Waals surface area (Å²) in [5, 5.41) is 0. The van der Waals surface area contributed by atoms with E-state index in [9.17, 15) is 4.79 Å². The van der Waals surface area contributed by atoms with Crippen molar-refractivity contribution >= 4 is 5.78 Å². The summed E-state index contributed by atoms with van der Waals surface area (Å²) in [5.41, 5.74) is 1.37. The fourth-order valence-corrected chi connectivity index (χ4v) is 1.95. The summed E-state index contributed by atoms with van der Waals surface area (Å²) in [5.74, 6) is 0.760. The molecule has 0 bridgehead atoms. The third-order valence-electron chi connectivity index (χ3n) is 4.27. The Morgan fingerprint density at radius 3 is 2.44 bits per heavy atom. The lowest BCUT2D eigenvalue weighted by atomic mass is 9.76. The quantitative estimate of drug-likeness (QED) is 0.653. The fourth-order valence-electron chi connectivity index (χ4n) is 1.95. The molecule has 1 atom stereocenters. The average molecular weight is 220 g/mol. The monoisotopic (exact) mass is 220 g/mol. The van der Waals surface area contributed by atoms with Gasteiger partial charge in [-0.25, -0.2) is 0 Å². The van der Waals surface area contributed by atoms with E-state index < -0.39 is 0 Å². The molecule has 0 unspecified atom stereocenters. The summed E-state index contributed by atoms with van der Waals surface area (Å²) in [7, 11) is 0. The van der Waals surface area contributed by atoms with E-state index in [1.165, 1.54) is 5.57 Å². The molecule has 1 heteroatoms. The smallest absolute Gasteiger partial charge is 0.139 e. The fraction of sp³-hybridized carbons (Fsp3) is 0.667. The molecule has 0 aromatic carbocycles. The average Bonchev–Trinajstić information content (AvgIpc) is 2.39. The maximum absolute atomic E-state index is 11.4. The summed E-state index contributed by atoms with van der Waals surface area (Å²) in [4.78, 5) is 11.4. The second-order valence-corrected chi connectivity index (χ2v) is 6.09. The molecule has 0 radical (unpaired) electrons. The maximum atomic E-state index is 11.4. The van der Waals surface area contributed by atoms with Crippen LogP contribution in [0, 0.1) is 16.7 Å². The van der Waals surface area contributed by atoms with Crippen molar-refractivity contribution < 1.29 is 4.79 Å². The highest BCUT2D eigenvalue weighted by Gasteiger charge is 2.33. The van der Waals surface area contributed by atoms with Crippen LogP contribution in [0.25, 0.3) is 0 Å². The molecule has 1 nitrogen and oxygen atoms in total. The number of carbonyl (C=O) groups is 1. The Kier molecular flexibility index (Phi) is 3.47. The normalized spacial score (nSPS) is 24.9. The van der Waals surface area contributed by atoms with E-state index >= 15 is 0 Å². The van der Waals surface area contributed by atoms with Gasteiger partial charge in [-0.15, -0.1) is 0 Å². The first-order valence-corrected chi connectivity index (χ1v) is 6.05. The van der Waals surface area contributed by atoms with Crippen LogP contribution < -0.4 is 0 Å². The van der Waals surface area contributed by atoms with E-state index in [-0.39, 0.29) is 16.6 Å². The highest BCUT2D eigenvalue weighted by molar-refractivity contribution is 5.83. The van der Waals surface area contributed by atoms with Crippen LogP contribution in [0.3, 0.4) is 0 Å². The second kappa shape index (κ2) is 4.20. The zero-order valence-corrected chi connectivity index (χ0v) is 11.4. The van der Waals surface area contributed by atoms with Crippen LogP contribution in [0.1, 0.15) is 48.0 Å². The number of hydrogen-bond donors (Lipinski definition) is 0. The Morgan fingerprint density at radius 2 is 2.06 bits per heavy atom. The number of ketones is 1. The van der Waals surface area contributed by atoms with E-state index in [4.69, 9.17) is 0 Å². The van der Waals surface area contributed by atoms with Gasteiger partial charge in [-0.2, -0.15) is 0 Å². The van der Waals surface area contributed by atoms with Gasteiger partial charge in [0, 0.05) is 5.41 Å². The molecular weight excluding hydrogens is 196 g/mol. The Labute approximate surface area is 99.6 Å². The van der Waals surface area contributed by atoms with Crippen molar-refractivity contribution in [2.24, 2.45) is 16.7 Å². The van der Waals surface area contributed by atoms with Crippen LogP contribution in [-0.2, 0) is 4.79 Å². The Bertz CT molecular complexity index is 342. The summed E-state index contributed by atoms with van der Waals surface area (Å²) < 4.78 is 0. The van der Waals surface area contributed by atoms with Gasteiger partial charge < -0.3 is 0 Å². The molecule has 1 rings (SSSR count). The van der Waals surface area contributed by atoms with E-state index in [2.05, 4.69) is 39.0 Å². The molecule has 0 amide bonds. The van der Waals surface area contributed by atoms with E-state index in [0.29, 0.717) is 5.92 Å². The summed E-state index contributed by atoms with van der Waals surface area (Å²) >= 11 is 0. The number of allylic oxidation sites excluding steroid dienone is 4. The van der Waals surface area contributed by atoms with E-state index in [1.807, 2.05) is 13.8 Å². The van der Waals surface area contributed by atoms with Crippen molar-refractivity contribution in [2.75, 3.05) is 0 Å². The van der Waals surface area contributed by atoms with Crippen LogP contribution in [0.2, 0.25) is 0 Å². The van der Waals surface area contributed by atoms with Crippen molar-refractivity contribution in [3.8, 4) is 0 Å².